The molecular formula is C13H17F2NO2. The largest absolute Gasteiger partial charge is 0.435 e. The second-order valence-corrected chi connectivity index (χ2v) is 3.91. The minimum Gasteiger partial charge on any atom is -0.435 e. The minimum atomic E-state index is -2.83. The highest BCUT2D eigenvalue weighted by molar-refractivity contribution is 5.90. The number of rotatable bonds is 7. The molecule has 0 heterocycles. The normalized spacial score (nSPS) is 10.4. The molecule has 0 aliphatic carbocycles. The lowest BCUT2D eigenvalue weighted by Crippen LogP contribution is -2.11. The summed E-state index contributed by atoms with van der Waals surface area (Å²) in [5, 5.41) is 2.70. The number of unbranched alkanes of at least 4 members (excludes halogenated alkanes) is 2. The van der Waals surface area contributed by atoms with Crippen molar-refractivity contribution < 1.29 is 18.3 Å². The van der Waals surface area contributed by atoms with E-state index < -0.39 is 6.61 Å². The van der Waals surface area contributed by atoms with E-state index in [-0.39, 0.29) is 11.7 Å². The van der Waals surface area contributed by atoms with Crippen molar-refractivity contribution >= 4 is 11.6 Å². The topological polar surface area (TPSA) is 38.3 Å². The maximum absolute atomic E-state index is 11.9. The lowest BCUT2D eigenvalue weighted by Gasteiger charge is -2.07. The van der Waals surface area contributed by atoms with E-state index in [1.807, 2.05) is 0 Å². The zero-order valence-corrected chi connectivity index (χ0v) is 10.3. The van der Waals surface area contributed by atoms with Gasteiger partial charge in [-0.3, -0.25) is 4.79 Å². The average molecular weight is 257 g/mol. The minimum absolute atomic E-state index is 0.0639. The van der Waals surface area contributed by atoms with Crippen LogP contribution in [0.5, 0.6) is 5.75 Å². The molecule has 1 rings (SSSR count). The van der Waals surface area contributed by atoms with Crippen LogP contribution >= 0.6 is 0 Å². The summed E-state index contributed by atoms with van der Waals surface area (Å²) in [6.07, 6.45) is 3.42. The molecule has 0 unspecified atom stereocenters. The summed E-state index contributed by atoms with van der Waals surface area (Å²) in [6.45, 7) is -0.765. The Hall–Kier alpha value is -1.65. The molecule has 0 saturated carbocycles. The van der Waals surface area contributed by atoms with Crippen LogP contribution in [-0.4, -0.2) is 12.5 Å². The number of anilines is 1. The standard InChI is InChI=1S/C13H17F2NO2/c1-2-3-4-5-12(17)16-10-6-8-11(9-7-10)18-13(14)15/h6-9,13H,2-5H2,1H3,(H,16,17). The van der Waals surface area contributed by atoms with Crippen LogP contribution in [0.3, 0.4) is 0 Å². The second-order valence-electron chi connectivity index (χ2n) is 3.91. The molecular weight excluding hydrogens is 240 g/mol. The predicted molar refractivity (Wildman–Crippen MR) is 65.8 cm³/mol. The molecule has 1 aromatic rings. The summed E-state index contributed by atoms with van der Waals surface area (Å²) >= 11 is 0. The van der Waals surface area contributed by atoms with E-state index in [4.69, 9.17) is 0 Å². The van der Waals surface area contributed by atoms with Crippen LogP contribution in [0.4, 0.5) is 14.5 Å². The monoisotopic (exact) mass is 257 g/mol. The third-order valence-corrected chi connectivity index (χ3v) is 2.37. The van der Waals surface area contributed by atoms with E-state index in [0.717, 1.165) is 19.3 Å². The molecule has 5 heteroatoms. The first-order chi connectivity index (χ1) is 8.61. The van der Waals surface area contributed by atoms with Gasteiger partial charge < -0.3 is 10.1 Å². The third-order valence-electron chi connectivity index (χ3n) is 2.37. The Bertz CT molecular complexity index is 366. The van der Waals surface area contributed by atoms with Gasteiger partial charge in [0.05, 0.1) is 0 Å². The number of benzene rings is 1. The zero-order chi connectivity index (χ0) is 13.4. The smallest absolute Gasteiger partial charge is 0.387 e. The van der Waals surface area contributed by atoms with Gasteiger partial charge in [0.2, 0.25) is 5.91 Å². The van der Waals surface area contributed by atoms with Crippen molar-refractivity contribution in [2.75, 3.05) is 5.32 Å². The van der Waals surface area contributed by atoms with Crippen LogP contribution in [0.25, 0.3) is 0 Å². The Morgan fingerprint density at radius 1 is 1.28 bits per heavy atom. The van der Waals surface area contributed by atoms with Gasteiger partial charge in [-0.05, 0) is 30.7 Å². The lowest BCUT2D eigenvalue weighted by atomic mass is 10.2. The molecule has 0 atom stereocenters. The number of hydrogen-bond acceptors (Lipinski definition) is 2. The maximum Gasteiger partial charge on any atom is 0.387 e. The van der Waals surface area contributed by atoms with Gasteiger partial charge in [-0.2, -0.15) is 8.78 Å². The van der Waals surface area contributed by atoms with Gasteiger partial charge in [-0.1, -0.05) is 19.8 Å². The molecule has 0 bridgehead atoms. The molecule has 1 N–H and O–H groups in total. The average Bonchev–Trinajstić information content (AvgIpc) is 2.31. The number of halogens is 2. The molecule has 0 aliphatic rings. The summed E-state index contributed by atoms with van der Waals surface area (Å²) in [7, 11) is 0. The zero-order valence-electron chi connectivity index (χ0n) is 10.3. The molecule has 1 amide bonds. The van der Waals surface area contributed by atoms with Crippen molar-refractivity contribution in [3.8, 4) is 5.75 Å². The van der Waals surface area contributed by atoms with Gasteiger partial charge in [0.1, 0.15) is 5.75 Å². The molecule has 18 heavy (non-hydrogen) atoms. The Morgan fingerprint density at radius 3 is 2.50 bits per heavy atom. The Labute approximate surface area is 105 Å². The van der Waals surface area contributed by atoms with Crippen LogP contribution in [0.1, 0.15) is 32.6 Å². The molecule has 3 nitrogen and oxygen atoms in total. The van der Waals surface area contributed by atoms with E-state index in [1.165, 1.54) is 24.3 Å². The van der Waals surface area contributed by atoms with E-state index >= 15 is 0 Å². The number of carbonyl (C=O) groups excluding carboxylic acids is 1. The molecule has 0 aliphatic heterocycles. The summed E-state index contributed by atoms with van der Waals surface area (Å²) < 4.78 is 28.0. The summed E-state index contributed by atoms with van der Waals surface area (Å²) in [4.78, 5) is 11.5. The van der Waals surface area contributed by atoms with Crippen LogP contribution < -0.4 is 10.1 Å². The van der Waals surface area contributed by atoms with Crippen LogP contribution in [0.2, 0.25) is 0 Å². The fourth-order valence-electron chi connectivity index (χ4n) is 1.48. The Balaban J connectivity index is 2.40. The van der Waals surface area contributed by atoms with Crippen LogP contribution in [-0.2, 0) is 4.79 Å². The molecule has 0 saturated heterocycles. The quantitative estimate of drug-likeness (QED) is 0.754. The highest BCUT2D eigenvalue weighted by Crippen LogP contribution is 2.17. The number of amides is 1. The van der Waals surface area contributed by atoms with Gasteiger partial charge in [-0.25, -0.2) is 0 Å². The molecule has 0 aromatic heterocycles. The first-order valence-corrected chi connectivity index (χ1v) is 5.96. The van der Waals surface area contributed by atoms with Crippen molar-refractivity contribution in [1.29, 1.82) is 0 Å². The van der Waals surface area contributed by atoms with Crippen molar-refractivity contribution in [2.24, 2.45) is 0 Å². The van der Waals surface area contributed by atoms with E-state index in [9.17, 15) is 13.6 Å². The molecule has 0 radical (unpaired) electrons. The SMILES string of the molecule is CCCCCC(=O)Nc1ccc(OC(F)F)cc1. The highest BCUT2D eigenvalue weighted by Gasteiger charge is 2.05. The number of alkyl halides is 2. The number of hydrogen-bond donors (Lipinski definition) is 1. The number of nitrogens with one attached hydrogen (secondary N) is 1. The van der Waals surface area contributed by atoms with E-state index in [2.05, 4.69) is 17.0 Å². The highest BCUT2D eigenvalue weighted by atomic mass is 19.3. The van der Waals surface area contributed by atoms with E-state index in [0.29, 0.717) is 12.1 Å². The predicted octanol–water partition coefficient (Wildman–Crippen LogP) is 3.81. The molecule has 0 fully saturated rings. The van der Waals surface area contributed by atoms with Gasteiger partial charge >= 0.3 is 6.61 Å². The first kappa shape index (κ1) is 14.4. The van der Waals surface area contributed by atoms with Gasteiger partial charge in [-0.15, -0.1) is 0 Å². The second kappa shape index (κ2) is 7.63. The number of carbonyl (C=O) groups is 1. The third kappa shape index (κ3) is 5.61. The van der Waals surface area contributed by atoms with Crippen LogP contribution in [0.15, 0.2) is 24.3 Å². The lowest BCUT2D eigenvalue weighted by molar-refractivity contribution is -0.116. The van der Waals surface area contributed by atoms with Crippen molar-refractivity contribution in [2.45, 2.75) is 39.2 Å². The summed E-state index contributed by atoms with van der Waals surface area (Å²) in [5.41, 5.74) is 0.582. The summed E-state index contributed by atoms with van der Waals surface area (Å²) in [6, 6.07) is 5.87. The molecule has 1 aromatic carbocycles. The first-order valence-electron chi connectivity index (χ1n) is 5.96. The van der Waals surface area contributed by atoms with Gasteiger partial charge in [0, 0.05) is 12.1 Å². The fourth-order valence-corrected chi connectivity index (χ4v) is 1.48. The molecule has 100 valence electrons. The summed E-state index contributed by atoms with van der Waals surface area (Å²) in [5.74, 6) is 0.0139. The number of ether oxygens (including phenoxy) is 1. The van der Waals surface area contributed by atoms with E-state index in [1.54, 1.807) is 0 Å². The van der Waals surface area contributed by atoms with Gasteiger partial charge in [0.25, 0.3) is 0 Å². The Kier molecular flexibility index (Phi) is 6.11. The van der Waals surface area contributed by atoms with Crippen LogP contribution in [0, 0.1) is 0 Å². The van der Waals surface area contributed by atoms with Crippen molar-refractivity contribution in [3.63, 3.8) is 0 Å². The fraction of sp³-hybridized carbons (Fsp3) is 0.462. The molecule has 0 spiro atoms. The maximum atomic E-state index is 11.9. The van der Waals surface area contributed by atoms with Gasteiger partial charge in [0.15, 0.2) is 0 Å². The van der Waals surface area contributed by atoms with Crippen molar-refractivity contribution in [3.05, 3.63) is 24.3 Å². The van der Waals surface area contributed by atoms with Crippen molar-refractivity contribution in [1.82, 2.24) is 0 Å². The Morgan fingerprint density at radius 2 is 1.94 bits per heavy atom.